The molecular formula is C11H20N2O2. The highest BCUT2D eigenvalue weighted by molar-refractivity contribution is 5.77. The van der Waals surface area contributed by atoms with E-state index in [0.29, 0.717) is 6.54 Å². The van der Waals surface area contributed by atoms with Crippen LogP contribution in [-0.2, 0) is 9.53 Å². The lowest BCUT2D eigenvalue weighted by molar-refractivity contribution is -0.137. The van der Waals surface area contributed by atoms with Crippen molar-refractivity contribution < 1.29 is 9.53 Å². The number of amides is 1. The number of nitrogens with zero attached hydrogens (tertiary/aromatic N) is 1. The zero-order valence-corrected chi connectivity index (χ0v) is 9.15. The summed E-state index contributed by atoms with van der Waals surface area (Å²) in [6.45, 7) is 2.54. The summed E-state index contributed by atoms with van der Waals surface area (Å²) in [4.78, 5) is 13.5. The van der Waals surface area contributed by atoms with Gasteiger partial charge in [-0.3, -0.25) is 4.79 Å². The van der Waals surface area contributed by atoms with E-state index in [1.165, 1.54) is 12.8 Å². The number of carbonyl (C=O) groups excluding carboxylic acids is 1. The molecule has 1 atom stereocenters. The Morgan fingerprint density at radius 2 is 2.20 bits per heavy atom. The molecule has 2 aliphatic rings. The van der Waals surface area contributed by atoms with Crippen LogP contribution >= 0.6 is 0 Å². The van der Waals surface area contributed by atoms with E-state index in [9.17, 15) is 4.79 Å². The highest BCUT2D eigenvalue weighted by Crippen LogP contribution is 2.28. The lowest BCUT2D eigenvalue weighted by atomic mass is 10.1. The molecule has 0 radical (unpaired) electrons. The van der Waals surface area contributed by atoms with Crippen LogP contribution in [0.25, 0.3) is 0 Å². The smallest absolute Gasteiger partial charge is 0.248 e. The van der Waals surface area contributed by atoms with Crippen LogP contribution in [0.3, 0.4) is 0 Å². The van der Waals surface area contributed by atoms with Gasteiger partial charge in [0.05, 0.1) is 6.61 Å². The van der Waals surface area contributed by atoms with Crippen molar-refractivity contribution in [2.75, 3.05) is 26.3 Å². The first kappa shape index (κ1) is 10.9. The summed E-state index contributed by atoms with van der Waals surface area (Å²) < 4.78 is 5.38. The molecule has 0 bridgehead atoms. The van der Waals surface area contributed by atoms with Gasteiger partial charge in [-0.05, 0) is 31.6 Å². The molecule has 2 fully saturated rings. The monoisotopic (exact) mass is 212 g/mol. The predicted molar refractivity (Wildman–Crippen MR) is 57.3 cm³/mol. The average molecular weight is 212 g/mol. The van der Waals surface area contributed by atoms with Crippen molar-refractivity contribution in [2.45, 2.75) is 31.7 Å². The molecule has 0 unspecified atom stereocenters. The van der Waals surface area contributed by atoms with Crippen LogP contribution in [0.4, 0.5) is 0 Å². The van der Waals surface area contributed by atoms with Crippen LogP contribution < -0.4 is 5.73 Å². The maximum atomic E-state index is 11.7. The zero-order valence-electron chi connectivity index (χ0n) is 9.15. The summed E-state index contributed by atoms with van der Waals surface area (Å²) in [7, 11) is 0. The first-order chi connectivity index (χ1) is 7.25. The van der Waals surface area contributed by atoms with Gasteiger partial charge in [0.25, 0.3) is 0 Å². The summed E-state index contributed by atoms with van der Waals surface area (Å²) in [5.41, 5.74) is 5.82. The van der Waals surface area contributed by atoms with Crippen LogP contribution in [0.1, 0.15) is 25.7 Å². The van der Waals surface area contributed by atoms with Crippen molar-refractivity contribution in [1.82, 2.24) is 4.90 Å². The Kier molecular flexibility index (Phi) is 3.59. The molecule has 0 spiro atoms. The third-order valence-corrected chi connectivity index (χ3v) is 3.09. The molecule has 4 heteroatoms. The minimum atomic E-state index is 0.103. The fraction of sp³-hybridized carbons (Fsp3) is 0.909. The highest BCUT2D eigenvalue weighted by atomic mass is 16.5. The fourth-order valence-electron chi connectivity index (χ4n) is 1.93. The molecule has 15 heavy (non-hydrogen) atoms. The van der Waals surface area contributed by atoms with Gasteiger partial charge < -0.3 is 15.4 Å². The minimum absolute atomic E-state index is 0.103. The molecule has 1 saturated carbocycles. The summed E-state index contributed by atoms with van der Waals surface area (Å²) in [5.74, 6) is 0.826. The van der Waals surface area contributed by atoms with Gasteiger partial charge in [0.1, 0.15) is 6.61 Å². The van der Waals surface area contributed by atoms with Crippen LogP contribution in [-0.4, -0.2) is 43.2 Å². The van der Waals surface area contributed by atoms with Crippen LogP contribution in [0.2, 0.25) is 0 Å². The second-order valence-electron chi connectivity index (χ2n) is 4.70. The average Bonchev–Trinajstić information content (AvgIpc) is 3.01. The second kappa shape index (κ2) is 4.94. The minimum Gasteiger partial charge on any atom is -0.371 e. The van der Waals surface area contributed by atoms with Crippen molar-refractivity contribution in [3.8, 4) is 0 Å². The van der Waals surface area contributed by atoms with Gasteiger partial charge in [0, 0.05) is 19.1 Å². The van der Waals surface area contributed by atoms with Gasteiger partial charge in [0.15, 0.2) is 0 Å². The first-order valence-corrected chi connectivity index (χ1v) is 5.87. The maximum Gasteiger partial charge on any atom is 0.248 e. The van der Waals surface area contributed by atoms with Gasteiger partial charge in [-0.25, -0.2) is 0 Å². The number of hydrogen-bond acceptors (Lipinski definition) is 3. The van der Waals surface area contributed by atoms with Crippen LogP contribution in [0.5, 0.6) is 0 Å². The predicted octanol–water partition coefficient (Wildman–Crippen LogP) is 0.363. The topological polar surface area (TPSA) is 55.6 Å². The number of likely N-dealkylation sites (tertiary alicyclic amines) is 1. The lowest BCUT2D eigenvalue weighted by Crippen LogP contribution is -2.47. The van der Waals surface area contributed by atoms with Crippen molar-refractivity contribution in [1.29, 1.82) is 0 Å². The number of nitrogens with two attached hydrogens (primary N) is 1. The Bertz CT molecular complexity index is 229. The molecule has 1 amide bonds. The molecule has 2 N–H and O–H groups in total. The number of piperidine rings is 1. The molecule has 0 aromatic carbocycles. The maximum absolute atomic E-state index is 11.7. The van der Waals surface area contributed by atoms with Gasteiger partial charge >= 0.3 is 0 Å². The third kappa shape index (κ3) is 3.47. The zero-order chi connectivity index (χ0) is 10.7. The van der Waals surface area contributed by atoms with Gasteiger partial charge in [0.2, 0.25) is 5.91 Å². The molecular weight excluding hydrogens is 192 g/mol. The Balaban J connectivity index is 1.64. The SMILES string of the molecule is N[C@@H]1CCCN(C(=O)COCC2CC2)C1. The summed E-state index contributed by atoms with van der Waals surface area (Å²) >= 11 is 0. The van der Waals surface area contributed by atoms with Crippen LogP contribution in [0, 0.1) is 5.92 Å². The molecule has 0 aromatic rings. The molecule has 4 nitrogen and oxygen atoms in total. The lowest BCUT2D eigenvalue weighted by Gasteiger charge is -2.30. The van der Waals surface area contributed by atoms with Crippen molar-refractivity contribution in [3.05, 3.63) is 0 Å². The standard InChI is InChI=1S/C11H20N2O2/c12-10-2-1-5-13(6-10)11(14)8-15-7-9-3-4-9/h9-10H,1-8,12H2/t10-/m1/s1. The number of rotatable bonds is 4. The van der Waals surface area contributed by atoms with Gasteiger partial charge in [-0.2, -0.15) is 0 Å². The van der Waals surface area contributed by atoms with E-state index in [1.807, 2.05) is 4.90 Å². The number of ether oxygens (including phenoxy) is 1. The Hall–Kier alpha value is -0.610. The van der Waals surface area contributed by atoms with Crippen molar-refractivity contribution >= 4 is 5.91 Å². The third-order valence-electron chi connectivity index (χ3n) is 3.09. The molecule has 86 valence electrons. The number of carbonyl (C=O) groups is 1. The summed E-state index contributed by atoms with van der Waals surface area (Å²) in [5, 5.41) is 0. The van der Waals surface area contributed by atoms with E-state index in [0.717, 1.165) is 31.9 Å². The molecule has 1 aliphatic heterocycles. The molecule has 1 aliphatic carbocycles. The molecule has 1 heterocycles. The Morgan fingerprint density at radius 3 is 2.87 bits per heavy atom. The molecule has 0 aromatic heterocycles. The largest absolute Gasteiger partial charge is 0.371 e. The molecule has 1 saturated heterocycles. The quantitative estimate of drug-likeness (QED) is 0.732. The van der Waals surface area contributed by atoms with E-state index < -0.39 is 0 Å². The van der Waals surface area contributed by atoms with Crippen LogP contribution in [0.15, 0.2) is 0 Å². The van der Waals surface area contributed by atoms with E-state index in [-0.39, 0.29) is 18.6 Å². The number of hydrogen-bond donors (Lipinski definition) is 1. The highest BCUT2D eigenvalue weighted by Gasteiger charge is 2.24. The van der Waals surface area contributed by atoms with Gasteiger partial charge in [-0.1, -0.05) is 0 Å². The van der Waals surface area contributed by atoms with E-state index in [1.54, 1.807) is 0 Å². The van der Waals surface area contributed by atoms with E-state index in [4.69, 9.17) is 10.5 Å². The Labute approximate surface area is 90.8 Å². The second-order valence-corrected chi connectivity index (χ2v) is 4.70. The van der Waals surface area contributed by atoms with Crippen molar-refractivity contribution in [3.63, 3.8) is 0 Å². The summed E-state index contributed by atoms with van der Waals surface area (Å²) in [6.07, 6.45) is 4.59. The normalized spacial score (nSPS) is 26.7. The summed E-state index contributed by atoms with van der Waals surface area (Å²) in [6, 6.07) is 0.158. The molecule has 2 rings (SSSR count). The fourth-order valence-corrected chi connectivity index (χ4v) is 1.93. The van der Waals surface area contributed by atoms with E-state index >= 15 is 0 Å². The first-order valence-electron chi connectivity index (χ1n) is 5.87. The Morgan fingerprint density at radius 1 is 1.40 bits per heavy atom. The van der Waals surface area contributed by atoms with E-state index in [2.05, 4.69) is 0 Å². The van der Waals surface area contributed by atoms with Crippen molar-refractivity contribution in [2.24, 2.45) is 11.7 Å². The van der Waals surface area contributed by atoms with Gasteiger partial charge in [-0.15, -0.1) is 0 Å².